The Morgan fingerprint density at radius 2 is 2.05 bits per heavy atom. The maximum absolute atomic E-state index is 12.4. The van der Waals surface area contributed by atoms with Gasteiger partial charge in [-0.2, -0.15) is 0 Å². The van der Waals surface area contributed by atoms with E-state index in [9.17, 15) is 4.79 Å². The monoisotopic (exact) mass is 294 g/mol. The molecule has 0 radical (unpaired) electrons. The van der Waals surface area contributed by atoms with Crippen molar-refractivity contribution in [2.75, 3.05) is 25.2 Å². The highest BCUT2D eigenvalue weighted by Gasteiger charge is 2.18. The lowest BCUT2D eigenvalue weighted by atomic mass is 10.1. The number of hydrogen-bond acceptors (Lipinski definition) is 3. The maximum atomic E-state index is 12.4. The summed E-state index contributed by atoms with van der Waals surface area (Å²) in [6.45, 7) is 3.08. The number of carbonyl (C=O) groups excluding carboxylic acids is 1. The molecule has 0 bridgehead atoms. The van der Waals surface area contributed by atoms with Gasteiger partial charge in [-0.25, -0.2) is 0 Å². The number of nitrogens with zero attached hydrogens (tertiary/aromatic N) is 1. The molecule has 1 aromatic rings. The Labute approximate surface area is 125 Å². The number of amides is 1. The Kier molecular flexibility index (Phi) is 7.18. The van der Waals surface area contributed by atoms with Crippen LogP contribution in [-0.2, 0) is 9.53 Å². The lowest BCUT2D eigenvalue weighted by Gasteiger charge is -2.24. The molecule has 1 unspecified atom stereocenters. The van der Waals surface area contributed by atoms with E-state index in [-0.39, 0.29) is 11.8 Å². The summed E-state index contributed by atoms with van der Waals surface area (Å²) in [5.74, 6) is 0.251. The van der Waals surface area contributed by atoms with Gasteiger partial charge in [0.05, 0.1) is 4.99 Å². The molecule has 0 saturated carbocycles. The summed E-state index contributed by atoms with van der Waals surface area (Å²) in [5.41, 5.74) is 6.41. The Hall–Kier alpha value is -1.46. The third-order valence-corrected chi connectivity index (χ3v) is 3.13. The lowest BCUT2D eigenvalue weighted by Crippen LogP contribution is -2.35. The minimum absolute atomic E-state index is 0.0667. The molecular formula is C15H22N2O2S. The first-order valence-electron chi connectivity index (χ1n) is 6.67. The van der Waals surface area contributed by atoms with Crippen LogP contribution in [0.4, 0.5) is 5.69 Å². The highest BCUT2D eigenvalue weighted by Crippen LogP contribution is 2.17. The number of thiocarbonyl (C=S) groups is 1. The number of hydrogen-bond donors (Lipinski definition) is 1. The van der Waals surface area contributed by atoms with Crippen molar-refractivity contribution in [2.24, 2.45) is 11.7 Å². The van der Waals surface area contributed by atoms with Gasteiger partial charge in [0.2, 0.25) is 5.91 Å². The second kappa shape index (κ2) is 8.66. The zero-order valence-electron chi connectivity index (χ0n) is 12.0. The lowest BCUT2D eigenvalue weighted by molar-refractivity contribution is -0.119. The van der Waals surface area contributed by atoms with E-state index in [1.807, 2.05) is 37.3 Å². The van der Waals surface area contributed by atoms with Gasteiger partial charge in [0.25, 0.3) is 0 Å². The molecule has 0 aliphatic rings. The SMILES string of the molecule is COCC(C)CC(=O)N(CCC(N)=S)c1ccccc1. The molecule has 0 spiro atoms. The number of rotatable bonds is 8. The summed E-state index contributed by atoms with van der Waals surface area (Å²) < 4.78 is 5.08. The van der Waals surface area contributed by atoms with Gasteiger partial charge >= 0.3 is 0 Å². The van der Waals surface area contributed by atoms with Crippen LogP contribution in [0.2, 0.25) is 0 Å². The minimum Gasteiger partial charge on any atom is -0.393 e. The first-order valence-corrected chi connectivity index (χ1v) is 7.08. The summed E-state index contributed by atoms with van der Waals surface area (Å²) in [4.78, 5) is 14.6. The molecule has 0 fully saturated rings. The minimum atomic E-state index is 0.0667. The van der Waals surface area contributed by atoms with Gasteiger partial charge in [-0.15, -0.1) is 0 Å². The van der Waals surface area contributed by atoms with Crippen LogP contribution in [0.15, 0.2) is 30.3 Å². The van der Waals surface area contributed by atoms with Crippen molar-refractivity contribution in [3.63, 3.8) is 0 Å². The molecule has 110 valence electrons. The summed E-state index contributed by atoms with van der Waals surface area (Å²) in [6.07, 6.45) is 0.967. The number of anilines is 1. The zero-order chi connectivity index (χ0) is 15.0. The first-order chi connectivity index (χ1) is 9.54. The average molecular weight is 294 g/mol. The molecule has 20 heavy (non-hydrogen) atoms. The van der Waals surface area contributed by atoms with Crippen molar-refractivity contribution in [3.8, 4) is 0 Å². The fourth-order valence-electron chi connectivity index (χ4n) is 1.98. The highest BCUT2D eigenvalue weighted by atomic mass is 32.1. The van der Waals surface area contributed by atoms with Gasteiger partial charge in [-0.3, -0.25) is 4.79 Å². The molecule has 0 aliphatic heterocycles. The molecule has 0 saturated heterocycles. The number of para-hydroxylation sites is 1. The van der Waals surface area contributed by atoms with Crippen molar-refractivity contribution < 1.29 is 9.53 Å². The van der Waals surface area contributed by atoms with E-state index in [1.54, 1.807) is 12.0 Å². The third kappa shape index (κ3) is 5.67. The van der Waals surface area contributed by atoms with Crippen LogP contribution in [0.3, 0.4) is 0 Å². The van der Waals surface area contributed by atoms with Gasteiger partial charge in [0, 0.05) is 38.8 Å². The fourth-order valence-corrected chi connectivity index (χ4v) is 2.07. The molecule has 1 aromatic carbocycles. The van der Waals surface area contributed by atoms with Crippen LogP contribution >= 0.6 is 12.2 Å². The predicted molar refractivity (Wildman–Crippen MR) is 85.9 cm³/mol. The number of ether oxygens (including phenoxy) is 1. The maximum Gasteiger partial charge on any atom is 0.227 e. The number of nitrogens with two attached hydrogens (primary N) is 1. The molecule has 5 heteroatoms. The van der Waals surface area contributed by atoms with E-state index in [2.05, 4.69) is 0 Å². The van der Waals surface area contributed by atoms with Gasteiger partial charge < -0.3 is 15.4 Å². The summed E-state index contributed by atoms with van der Waals surface area (Å²) in [6, 6.07) is 9.58. The summed E-state index contributed by atoms with van der Waals surface area (Å²) >= 11 is 4.90. The molecule has 0 aromatic heterocycles. The van der Waals surface area contributed by atoms with Gasteiger partial charge in [-0.1, -0.05) is 37.3 Å². The van der Waals surface area contributed by atoms with E-state index < -0.39 is 0 Å². The Morgan fingerprint density at radius 1 is 1.40 bits per heavy atom. The summed E-state index contributed by atoms with van der Waals surface area (Å²) in [7, 11) is 1.64. The molecule has 0 heterocycles. The van der Waals surface area contributed by atoms with Gasteiger partial charge in [0.1, 0.15) is 0 Å². The van der Waals surface area contributed by atoms with Crippen LogP contribution in [0.1, 0.15) is 19.8 Å². The highest BCUT2D eigenvalue weighted by molar-refractivity contribution is 7.80. The second-order valence-corrected chi connectivity index (χ2v) is 5.39. The quantitative estimate of drug-likeness (QED) is 0.748. The molecule has 0 aliphatic carbocycles. The Bertz CT molecular complexity index is 437. The van der Waals surface area contributed by atoms with Crippen molar-refractivity contribution in [1.29, 1.82) is 0 Å². The second-order valence-electron chi connectivity index (χ2n) is 4.86. The van der Waals surface area contributed by atoms with E-state index in [0.29, 0.717) is 31.0 Å². The summed E-state index contributed by atoms with van der Waals surface area (Å²) in [5, 5.41) is 0. The van der Waals surface area contributed by atoms with Gasteiger partial charge in [0.15, 0.2) is 0 Å². The van der Waals surface area contributed by atoms with E-state index >= 15 is 0 Å². The number of methoxy groups -OCH3 is 1. The van der Waals surface area contributed by atoms with Crippen molar-refractivity contribution in [3.05, 3.63) is 30.3 Å². The smallest absolute Gasteiger partial charge is 0.227 e. The number of benzene rings is 1. The molecule has 1 rings (SSSR count). The van der Waals surface area contributed by atoms with Gasteiger partial charge in [-0.05, 0) is 18.1 Å². The van der Waals surface area contributed by atoms with Crippen LogP contribution in [-0.4, -0.2) is 31.2 Å². The standard InChI is InChI=1S/C15H22N2O2S/c1-12(11-19-2)10-15(18)17(9-8-14(16)20)13-6-4-3-5-7-13/h3-7,12H,8-11H2,1-2H3,(H2,16,20). The molecular weight excluding hydrogens is 272 g/mol. The van der Waals surface area contributed by atoms with Crippen LogP contribution < -0.4 is 10.6 Å². The Morgan fingerprint density at radius 3 is 2.60 bits per heavy atom. The molecule has 1 amide bonds. The predicted octanol–water partition coefficient (Wildman–Crippen LogP) is 2.37. The topological polar surface area (TPSA) is 55.6 Å². The number of carbonyl (C=O) groups is 1. The largest absolute Gasteiger partial charge is 0.393 e. The normalized spacial score (nSPS) is 11.9. The Balaban J connectivity index is 2.76. The molecule has 1 atom stereocenters. The average Bonchev–Trinajstić information content (AvgIpc) is 2.40. The fraction of sp³-hybridized carbons (Fsp3) is 0.467. The third-order valence-electron chi connectivity index (χ3n) is 2.92. The van der Waals surface area contributed by atoms with Crippen molar-refractivity contribution in [2.45, 2.75) is 19.8 Å². The van der Waals surface area contributed by atoms with Crippen molar-refractivity contribution in [1.82, 2.24) is 0 Å². The van der Waals surface area contributed by atoms with E-state index in [0.717, 1.165) is 5.69 Å². The van der Waals surface area contributed by atoms with Crippen LogP contribution in [0.25, 0.3) is 0 Å². The van der Waals surface area contributed by atoms with Crippen LogP contribution in [0, 0.1) is 5.92 Å². The van der Waals surface area contributed by atoms with E-state index in [4.69, 9.17) is 22.7 Å². The first kappa shape index (κ1) is 16.6. The van der Waals surface area contributed by atoms with E-state index in [1.165, 1.54) is 0 Å². The van der Waals surface area contributed by atoms with Crippen molar-refractivity contribution >= 4 is 28.8 Å². The zero-order valence-corrected chi connectivity index (χ0v) is 12.9. The molecule has 2 N–H and O–H groups in total. The van der Waals surface area contributed by atoms with Crippen LogP contribution in [0.5, 0.6) is 0 Å². The molecule has 4 nitrogen and oxygen atoms in total.